The number of furan rings is 1. The second kappa shape index (κ2) is 4.21. The summed E-state index contributed by atoms with van der Waals surface area (Å²) in [6.07, 6.45) is 1.87. The van der Waals surface area contributed by atoms with Crippen molar-refractivity contribution in [2.45, 2.75) is 13.3 Å². The molecule has 4 heteroatoms. The zero-order valence-electron chi connectivity index (χ0n) is 8.12. The molecule has 78 valence electrons. The van der Waals surface area contributed by atoms with Crippen molar-refractivity contribution in [3.63, 3.8) is 0 Å². The number of carbonyl (C=O) groups excluding carboxylic acids is 1. The van der Waals surface area contributed by atoms with Crippen molar-refractivity contribution in [2.24, 2.45) is 0 Å². The van der Waals surface area contributed by atoms with Gasteiger partial charge in [-0.1, -0.05) is 11.6 Å². The number of halogens is 1. The molecule has 0 aliphatic rings. The Bertz CT molecular complexity index is 484. The molecule has 0 unspecified atom stereocenters. The van der Waals surface area contributed by atoms with Crippen LogP contribution >= 0.6 is 22.9 Å². The molecule has 2 heterocycles. The number of ketones is 1. The topological polar surface area (TPSA) is 30.2 Å². The van der Waals surface area contributed by atoms with Crippen LogP contribution in [0.15, 0.2) is 28.2 Å². The first-order chi connectivity index (χ1) is 7.15. The molecule has 15 heavy (non-hydrogen) atoms. The summed E-state index contributed by atoms with van der Waals surface area (Å²) in [5.41, 5.74) is 1.57. The van der Waals surface area contributed by atoms with E-state index in [0.29, 0.717) is 16.3 Å². The summed E-state index contributed by atoms with van der Waals surface area (Å²) in [6.45, 7) is 1.82. The van der Waals surface area contributed by atoms with Crippen LogP contribution in [0.2, 0.25) is 4.34 Å². The maximum Gasteiger partial charge on any atom is 0.170 e. The van der Waals surface area contributed by atoms with Crippen LogP contribution in [0.3, 0.4) is 0 Å². The smallest absolute Gasteiger partial charge is 0.170 e. The van der Waals surface area contributed by atoms with E-state index in [2.05, 4.69) is 0 Å². The van der Waals surface area contributed by atoms with Crippen molar-refractivity contribution in [3.8, 4) is 0 Å². The summed E-state index contributed by atoms with van der Waals surface area (Å²) < 4.78 is 5.79. The molecule has 2 aromatic rings. The SMILES string of the molecule is Cc1cc(C(=O)Cc2csc(Cl)c2)co1. The lowest BCUT2D eigenvalue weighted by atomic mass is 10.1. The quantitative estimate of drug-likeness (QED) is 0.766. The van der Waals surface area contributed by atoms with Crippen LogP contribution in [-0.4, -0.2) is 5.78 Å². The number of hydrogen-bond acceptors (Lipinski definition) is 3. The lowest BCUT2D eigenvalue weighted by molar-refractivity contribution is 0.0992. The third-order valence-corrected chi connectivity index (χ3v) is 3.18. The molecular formula is C11H9ClO2S. The molecular weight excluding hydrogens is 232 g/mol. The lowest BCUT2D eigenvalue weighted by Crippen LogP contribution is -2.00. The van der Waals surface area contributed by atoms with E-state index in [9.17, 15) is 4.79 Å². The number of rotatable bonds is 3. The molecule has 0 spiro atoms. The summed E-state index contributed by atoms with van der Waals surface area (Å²) in [5, 5.41) is 1.90. The molecule has 0 radical (unpaired) electrons. The van der Waals surface area contributed by atoms with E-state index in [1.807, 2.05) is 18.4 Å². The average Bonchev–Trinajstić information content (AvgIpc) is 2.75. The molecule has 0 atom stereocenters. The number of carbonyl (C=O) groups is 1. The average molecular weight is 241 g/mol. The molecule has 0 saturated carbocycles. The summed E-state index contributed by atoms with van der Waals surface area (Å²) in [4.78, 5) is 11.7. The summed E-state index contributed by atoms with van der Waals surface area (Å²) >= 11 is 7.22. The van der Waals surface area contributed by atoms with Crippen molar-refractivity contribution in [1.29, 1.82) is 0 Å². The van der Waals surface area contributed by atoms with Gasteiger partial charge in [-0.15, -0.1) is 11.3 Å². The highest BCUT2D eigenvalue weighted by Crippen LogP contribution is 2.21. The second-order valence-corrected chi connectivity index (χ2v) is 4.85. The molecule has 2 nitrogen and oxygen atoms in total. The monoisotopic (exact) mass is 240 g/mol. The molecule has 0 amide bonds. The van der Waals surface area contributed by atoms with Crippen molar-refractivity contribution in [3.05, 3.63) is 45.0 Å². The minimum Gasteiger partial charge on any atom is -0.469 e. The van der Waals surface area contributed by atoms with Crippen molar-refractivity contribution < 1.29 is 9.21 Å². The maximum atomic E-state index is 11.7. The molecule has 0 N–H and O–H groups in total. The van der Waals surface area contributed by atoms with E-state index < -0.39 is 0 Å². The highest BCUT2D eigenvalue weighted by molar-refractivity contribution is 7.14. The maximum absolute atomic E-state index is 11.7. The number of aryl methyl sites for hydroxylation is 1. The third kappa shape index (κ3) is 2.49. The predicted octanol–water partition coefficient (Wildman–Crippen LogP) is 3.73. The van der Waals surface area contributed by atoms with Gasteiger partial charge in [0.2, 0.25) is 0 Å². The lowest BCUT2D eigenvalue weighted by Gasteiger charge is -1.93. The molecule has 0 bridgehead atoms. The van der Waals surface area contributed by atoms with Gasteiger partial charge < -0.3 is 4.42 Å². The standard InChI is InChI=1S/C11H9ClO2S/c1-7-2-9(5-14-7)10(13)3-8-4-11(12)15-6-8/h2,4-6H,3H2,1H3. The number of hydrogen-bond donors (Lipinski definition) is 0. The minimum atomic E-state index is 0.0568. The summed E-state index contributed by atoms with van der Waals surface area (Å²) in [6, 6.07) is 3.56. The molecule has 0 aliphatic carbocycles. The first-order valence-electron chi connectivity index (χ1n) is 4.46. The molecule has 0 saturated heterocycles. The van der Waals surface area contributed by atoms with Crippen molar-refractivity contribution in [1.82, 2.24) is 0 Å². The second-order valence-electron chi connectivity index (χ2n) is 3.31. The fourth-order valence-corrected chi connectivity index (χ4v) is 2.22. The first kappa shape index (κ1) is 10.5. The molecule has 0 aromatic carbocycles. The Kier molecular flexibility index (Phi) is 2.93. The van der Waals surface area contributed by atoms with Crippen LogP contribution in [0.25, 0.3) is 0 Å². The van der Waals surface area contributed by atoms with E-state index in [4.69, 9.17) is 16.0 Å². The van der Waals surface area contributed by atoms with Gasteiger partial charge in [0.05, 0.1) is 9.90 Å². The molecule has 2 rings (SSSR count). The highest BCUT2D eigenvalue weighted by atomic mass is 35.5. The normalized spacial score (nSPS) is 10.5. The molecule has 0 fully saturated rings. The van der Waals surface area contributed by atoms with Gasteiger partial charge in [0.15, 0.2) is 5.78 Å². The van der Waals surface area contributed by atoms with Gasteiger partial charge in [-0.2, -0.15) is 0 Å². The van der Waals surface area contributed by atoms with Crippen molar-refractivity contribution >= 4 is 28.7 Å². The predicted molar refractivity (Wildman–Crippen MR) is 60.8 cm³/mol. The van der Waals surface area contributed by atoms with E-state index in [1.54, 1.807) is 6.07 Å². The van der Waals surface area contributed by atoms with Crippen LogP contribution in [0.4, 0.5) is 0 Å². The van der Waals surface area contributed by atoms with Gasteiger partial charge in [-0.3, -0.25) is 4.79 Å². The number of thiophene rings is 1. The highest BCUT2D eigenvalue weighted by Gasteiger charge is 2.10. The Morgan fingerprint density at radius 3 is 2.87 bits per heavy atom. The fraction of sp³-hybridized carbons (Fsp3) is 0.182. The van der Waals surface area contributed by atoms with Gasteiger partial charge in [-0.05, 0) is 30.0 Å². The van der Waals surface area contributed by atoms with Crippen LogP contribution in [0.5, 0.6) is 0 Å². The van der Waals surface area contributed by atoms with Gasteiger partial charge in [-0.25, -0.2) is 0 Å². The minimum absolute atomic E-state index is 0.0568. The first-order valence-corrected chi connectivity index (χ1v) is 5.72. The molecule has 2 aromatic heterocycles. The van der Waals surface area contributed by atoms with Crippen LogP contribution < -0.4 is 0 Å². The van der Waals surface area contributed by atoms with Gasteiger partial charge >= 0.3 is 0 Å². The Morgan fingerprint density at radius 2 is 2.33 bits per heavy atom. The zero-order chi connectivity index (χ0) is 10.8. The fourth-order valence-electron chi connectivity index (χ4n) is 1.32. The zero-order valence-corrected chi connectivity index (χ0v) is 9.69. The van der Waals surface area contributed by atoms with Crippen LogP contribution in [-0.2, 0) is 6.42 Å². The number of Topliss-reactive ketones (excluding diaryl/α,β-unsaturated/α-hetero) is 1. The van der Waals surface area contributed by atoms with E-state index in [1.165, 1.54) is 17.6 Å². The van der Waals surface area contributed by atoms with E-state index >= 15 is 0 Å². The van der Waals surface area contributed by atoms with Gasteiger partial charge in [0.1, 0.15) is 12.0 Å². The van der Waals surface area contributed by atoms with Gasteiger partial charge in [0.25, 0.3) is 0 Å². The third-order valence-electron chi connectivity index (χ3n) is 2.04. The summed E-state index contributed by atoms with van der Waals surface area (Å²) in [7, 11) is 0. The van der Waals surface area contributed by atoms with E-state index in [0.717, 1.165) is 11.3 Å². The van der Waals surface area contributed by atoms with E-state index in [-0.39, 0.29) is 5.78 Å². The van der Waals surface area contributed by atoms with Crippen LogP contribution in [0, 0.1) is 6.92 Å². The van der Waals surface area contributed by atoms with Crippen LogP contribution in [0.1, 0.15) is 21.7 Å². The van der Waals surface area contributed by atoms with Crippen molar-refractivity contribution in [2.75, 3.05) is 0 Å². The largest absolute Gasteiger partial charge is 0.469 e. The summed E-state index contributed by atoms with van der Waals surface area (Å²) in [5.74, 6) is 0.808. The molecule has 0 aliphatic heterocycles. The Labute approximate surface area is 96.5 Å². The Morgan fingerprint density at radius 1 is 1.53 bits per heavy atom. The Hall–Kier alpha value is -1.06. The van der Waals surface area contributed by atoms with Gasteiger partial charge in [0, 0.05) is 6.42 Å². The Balaban J connectivity index is 2.10.